The van der Waals surface area contributed by atoms with Crippen LogP contribution in [0.3, 0.4) is 0 Å². The first-order chi connectivity index (χ1) is 17.8. The monoisotopic (exact) mass is 575 g/mol. The van der Waals surface area contributed by atoms with Crippen LogP contribution in [0.25, 0.3) is 0 Å². The van der Waals surface area contributed by atoms with E-state index >= 15 is 0 Å². The van der Waals surface area contributed by atoms with Gasteiger partial charge in [-0.1, -0.05) is 24.6 Å². The summed E-state index contributed by atoms with van der Waals surface area (Å²) in [4.78, 5) is 26.1. The van der Waals surface area contributed by atoms with Crippen molar-refractivity contribution in [2.24, 2.45) is 0 Å². The summed E-state index contributed by atoms with van der Waals surface area (Å²) in [5.74, 6) is -1.56. The van der Waals surface area contributed by atoms with E-state index in [-0.39, 0.29) is 57.4 Å². The minimum Gasteiger partial charge on any atom is -0.405 e. The first-order valence-corrected chi connectivity index (χ1v) is 14.0. The predicted octanol–water partition coefficient (Wildman–Crippen LogP) is 4.06. The summed E-state index contributed by atoms with van der Waals surface area (Å²) in [7, 11) is -3.60. The number of carbonyl (C=O) groups is 2. The van der Waals surface area contributed by atoms with E-state index in [4.69, 9.17) is 11.6 Å². The molecule has 1 aliphatic heterocycles. The van der Waals surface area contributed by atoms with Gasteiger partial charge in [-0.2, -0.15) is 0 Å². The average Bonchev–Trinajstić information content (AvgIpc) is 2.82. The molecule has 0 bridgehead atoms. The highest BCUT2D eigenvalue weighted by molar-refractivity contribution is 7.91. The lowest BCUT2D eigenvalue weighted by molar-refractivity contribution is -0.275. The predicted molar refractivity (Wildman–Crippen MR) is 136 cm³/mol. The van der Waals surface area contributed by atoms with Crippen molar-refractivity contribution in [3.05, 3.63) is 58.1 Å². The molecule has 2 aromatic rings. The Morgan fingerprint density at radius 1 is 1.16 bits per heavy atom. The third-order valence-electron chi connectivity index (χ3n) is 6.04. The summed E-state index contributed by atoms with van der Waals surface area (Å²) in [6, 6.07) is 7.87. The van der Waals surface area contributed by atoms with Gasteiger partial charge in [-0.25, -0.2) is 8.42 Å². The quantitative estimate of drug-likeness (QED) is 0.467. The molecule has 0 spiro atoms. The summed E-state index contributed by atoms with van der Waals surface area (Å²) in [5, 5.41) is 5.65. The zero-order chi connectivity index (χ0) is 28.1. The number of ether oxygens (including phenoxy) is 1. The van der Waals surface area contributed by atoms with Crippen molar-refractivity contribution in [3.8, 4) is 5.75 Å². The summed E-state index contributed by atoms with van der Waals surface area (Å²) in [6.07, 6.45) is -3.44. The number of hydrogen-bond acceptors (Lipinski definition) is 6. The molecule has 8 nitrogen and oxygen atoms in total. The maximum atomic E-state index is 13.2. The van der Waals surface area contributed by atoms with Crippen LogP contribution < -0.4 is 15.4 Å². The molecule has 38 heavy (non-hydrogen) atoms. The first-order valence-electron chi connectivity index (χ1n) is 11.9. The Labute approximate surface area is 224 Å². The Morgan fingerprint density at radius 3 is 2.55 bits per heavy atom. The molecule has 1 fully saturated rings. The molecule has 13 heteroatoms. The van der Waals surface area contributed by atoms with Crippen molar-refractivity contribution in [1.82, 2.24) is 15.5 Å². The second kappa shape index (κ2) is 12.4. The molecule has 0 radical (unpaired) electrons. The maximum Gasteiger partial charge on any atom is 0.573 e. The Balaban J connectivity index is 1.79. The van der Waals surface area contributed by atoms with E-state index < -0.39 is 27.9 Å². The van der Waals surface area contributed by atoms with Gasteiger partial charge in [-0.15, -0.1) is 13.2 Å². The van der Waals surface area contributed by atoms with Crippen molar-refractivity contribution in [2.75, 3.05) is 18.8 Å². The van der Waals surface area contributed by atoms with Crippen molar-refractivity contribution < 1.29 is 35.9 Å². The third-order valence-corrected chi connectivity index (χ3v) is 8.10. The summed E-state index contributed by atoms with van der Waals surface area (Å²) >= 11 is 6.00. The molecule has 1 heterocycles. The van der Waals surface area contributed by atoms with Gasteiger partial charge in [0.1, 0.15) is 5.75 Å². The highest BCUT2D eigenvalue weighted by Gasteiger charge is 2.33. The molecule has 3 rings (SSSR count). The summed E-state index contributed by atoms with van der Waals surface area (Å²) in [6.45, 7) is 3.92. The molecule has 208 valence electrons. The van der Waals surface area contributed by atoms with E-state index in [1.54, 1.807) is 0 Å². The fourth-order valence-corrected chi connectivity index (χ4v) is 5.63. The minimum atomic E-state index is -4.98. The molecule has 0 aromatic heterocycles. The lowest BCUT2D eigenvalue weighted by Crippen LogP contribution is -2.46. The van der Waals surface area contributed by atoms with E-state index in [0.29, 0.717) is 13.1 Å². The summed E-state index contributed by atoms with van der Waals surface area (Å²) in [5.41, 5.74) is 0.396. The number of nitrogens with zero attached hydrogens (tertiary/aromatic N) is 1. The number of sulfone groups is 1. The molecule has 2 N–H and O–H groups in total. The van der Waals surface area contributed by atoms with E-state index in [9.17, 15) is 31.2 Å². The first kappa shape index (κ1) is 29.7. The largest absolute Gasteiger partial charge is 0.573 e. The molecule has 1 atom stereocenters. The van der Waals surface area contributed by atoms with Gasteiger partial charge in [-0.3, -0.25) is 14.5 Å². The van der Waals surface area contributed by atoms with E-state index in [1.165, 1.54) is 44.2 Å². The van der Waals surface area contributed by atoms with Crippen LogP contribution in [0.1, 0.15) is 48.2 Å². The molecule has 2 aromatic carbocycles. The molecular formula is C25H29ClF3N3O5S. The van der Waals surface area contributed by atoms with E-state index in [0.717, 1.165) is 18.9 Å². The maximum absolute atomic E-state index is 13.2. The third kappa shape index (κ3) is 8.34. The number of rotatable bonds is 9. The van der Waals surface area contributed by atoms with Crippen LogP contribution in [-0.2, 0) is 27.7 Å². The molecule has 1 saturated heterocycles. The number of nitrogens with one attached hydrogen (secondary N) is 2. The second-order valence-corrected chi connectivity index (χ2v) is 11.7. The average molecular weight is 576 g/mol. The number of hydrogen-bond donors (Lipinski definition) is 2. The van der Waals surface area contributed by atoms with Crippen molar-refractivity contribution in [3.63, 3.8) is 0 Å². The van der Waals surface area contributed by atoms with Crippen LogP contribution in [0.5, 0.6) is 5.75 Å². The molecule has 0 aliphatic carbocycles. The lowest BCUT2D eigenvalue weighted by atomic mass is 10.0. The van der Waals surface area contributed by atoms with Gasteiger partial charge in [0.25, 0.3) is 5.91 Å². The van der Waals surface area contributed by atoms with Gasteiger partial charge in [0.15, 0.2) is 9.84 Å². The lowest BCUT2D eigenvalue weighted by Gasteiger charge is -2.33. The van der Waals surface area contributed by atoms with Crippen LogP contribution in [0.15, 0.2) is 41.3 Å². The summed E-state index contributed by atoms with van der Waals surface area (Å²) < 4.78 is 68.6. The van der Waals surface area contributed by atoms with Gasteiger partial charge in [0, 0.05) is 48.7 Å². The van der Waals surface area contributed by atoms with Crippen LogP contribution >= 0.6 is 11.6 Å². The zero-order valence-corrected chi connectivity index (χ0v) is 22.5. The second-order valence-electron chi connectivity index (χ2n) is 8.98. The normalized spacial score (nSPS) is 16.6. The van der Waals surface area contributed by atoms with Crippen LogP contribution in [0.4, 0.5) is 13.2 Å². The number of carbonyl (C=O) groups excluding carboxylic acids is 2. The Kier molecular flexibility index (Phi) is 9.66. The standard InChI is InChI=1S/C25H29ClF3N3O5S/c1-3-38(35,36)23-9-8-20(26)11-19(23)13-30-24(34)17-6-7-18(22(12-17)37-25(27,28)29)14-32-10-4-5-21(15-32)31-16(2)33/h6-9,11-12,21H,3-5,10,13-15H2,1-2H3,(H,30,34)(H,31,33)/t21-/m0/s1. The number of benzene rings is 2. The van der Waals surface area contributed by atoms with Gasteiger partial charge in [0.05, 0.1) is 10.6 Å². The SMILES string of the molecule is CCS(=O)(=O)c1ccc(Cl)cc1CNC(=O)c1ccc(CN2CCC[C@H](NC(C)=O)C2)c(OC(F)(F)F)c1. The van der Waals surface area contributed by atoms with Gasteiger partial charge < -0.3 is 15.4 Å². The molecule has 2 amide bonds. The zero-order valence-electron chi connectivity index (χ0n) is 20.9. The number of alkyl halides is 3. The Hall–Kier alpha value is -2.83. The Morgan fingerprint density at radius 2 is 1.89 bits per heavy atom. The Bertz CT molecular complexity index is 1290. The van der Waals surface area contributed by atoms with Crippen molar-refractivity contribution >= 4 is 33.3 Å². The van der Waals surface area contributed by atoms with Gasteiger partial charge >= 0.3 is 6.36 Å². The van der Waals surface area contributed by atoms with Crippen LogP contribution in [0.2, 0.25) is 5.02 Å². The fraction of sp³-hybridized carbons (Fsp3) is 0.440. The molecule has 1 aliphatic rings. The highest BCUT2D eigenvalue weighted by atomic mass is 35.5. The van der Waals surface area contributed by atoms with Crippen LogP contribution in [-0.4, -0.2) is 56.4 Å². The van der Waals surface area contributed by atoms with Crippen LogP contribution in [0, 0.1) is 0 Å². The highest BCUT2D eigenvalue weighted by Crippen LogP contribution is 2.30. The van der Waals surface area contributed by atoms with Crippen molar-refractivity contribution in [1.29, 1.82) is 0 Å². The topological polar surface area (TPSA) is 105 Å². The number of halogens is 4. The minimum absolute atomic E-state index is 0.0141. The number of amides is 2. The van der Waals surface area contributed by atoms with Crippen molar-refractivity contribution in [2.45, 2.75) is 57.1 Å². The van der Waals surface area contributed by atoms with Gasteiger partial charge in [-0.05, 0) is 55.3 Å². The fourth-order valence-electron chi connectivity index (χ4n) is 4.31. The van der Waals surface area contributed by atoms with Gasteiger partial charge in [0.2, 0.25) is 5.91 Å². The number of piperidine rings is 1. The molecule has 0 saturated carbocycles. The number of likely N-dealkylation sites (tertiary alicyclic amines) is 1. The van der Waals surface area contributed by atoms with E-state index in [2.05, 4.69) is 15.4 Å². The smallest absolute Gasteiger partial charge is 0.405 e. The molecular weight excluding hydrogens is 547 g/mol. The molecule has 0 unspecified atom stereocenters. The van der Waals surface area contributed by atoms with E-state index in [1.807, 2.05) is 4.90 Å².